The second-order valence-electron chi connectivity index (χ2n) is 6.10. The summed E-state index contributed by atoms with van der Waals surface area (Å²) in [5.41, 5.74) is 2.65. The Hall–Kier alpha value is -2.01. The van der Waals surface area contributed by atoms with Gasteiger partial charge in [-0.3, -0.25) is 9.78 Å². The zero-order valence-corrected chi connectivity index (χ0v) is 14.7. The summed E-state index contributed by atoms with van der Waals surface area (Å²) in [4.78, 5) is 16.8. The van der Waals surface area contributed by atoms with Crippen LogP contribution >= 0.6 is 11.8 Å². The quantitative estimate of drug-likeness (QED) is 0.841. The van der Waals surface area contributed by atoms with Crippen molar-refractivity contribution in [3.05, 3.63) is 59.9 Å². The van der Waals surface area contributed by atoms with Crippen molar-refractivity contribution in [2.75, 3.05) is 11.6 Å². The maximum atomic E-state index is 12.7. The molecule has 0 unspecified atom stereocenters. The first-order valence-corrected chi connectivity index (χ1v) is 9.60. The summed E-state index contributed by atoms with van der Waals surface area (Å²) < 4.78 is 0. The molecular formula is C19H23N3OS. The average molecular weight is 341 g/mol. The Morgan fingerprint density at radius 2 is 2.12 bits per heavy atom. The molecule has 126 valence electrons. The maximum absolute atomic E-state index is 12.7. The first-order chi connectivity index (χ1) is 11.8. The Balaban J connectivity index is 1.64. The molecule has 0 aliphatic heterocycles. The van der Waals surface area contributed by atoms with E-state index in [0.29, 0.717) is 23.4 Å². The van der Waals surface area contributed by atoms with Gasteiger partial charge in [0.25, 0.3) is 5.91 Å². The van der Waals surface area contributed by atoms with E-state index in [4.69, 9.17) is 0 Å². The summed E-state index contributed by atoms with van der Waals surface area (Å²) in [7, 11) is 0. The number of hydrogen-bond acceptors (Lipinski definition) is 4. The van der Waals surface area contributed by atoms with Crippen molar-refractivity contribution < 1.29 is 4.79 Å². The van der Waals surface area contributed by atoms with Crippen molar-refractivity contribution >= 4 is 23.4 Å². The second-order valence-corrected chi connectivity index (χ2v) is 7.24. The number of carbonyl (C=O) groups is 1. The van der Waals surface area contributed by atoms with Crippen molar-refractivity contribution in [3.8, 4) is 0 Å². The van der Waals surface area contributed by atoms with Crippen LogP contribution in [-0.2, 0) is 6.54 Å². The largest absolute Gasteiger partial charge is 0.380 e. The predicted molar refractivity (Wildman–Crippen MR) is 100 cm³/mol. The van der Waals surface area contributed by atoms with Gasteiger partial charge < -0.3 is 10.6 Å². The molecule has 1 aliphatic carbocycles. The zero-order valence-electron chi connectivity index (χ0n) is 13.9. The Kier molecular flexibility index (Phi) is 5.75. The van der Waals surface area contributed by atoms with E-state index in [1.54, 1.807) is 6.20 Å². The molecule has 1 aliphatic rings. The number of anilines is 1. The molecule has 0 saturated heterocycles. The molecule has 5 heteroatoms. The number of thioether (sulfide) groups is 1. The monoisotopic (exact) mass is 341 g/mol. The summed E-state index contributed by atoms with van der Waals surface area (Å²) in [6.07, 6.45) is 9.06. The number of pyridine rings is 1. The number of benzene rings is 1. The van der Waals surface area contributed by atoms with Gasteiger partial charge in [-0.25, -0.2) is 0 Å². The van der Waals surface area contributed by atoms with Crippen molar-refractivity contribution in [1.29, 1.82) is 0 Å². The van der Waals surface area contributed by atoms with Gasteiger partial charge in [-0.05, 0) is 49.3 Å². The molecule has 1 heterocycles. The molecule has 24 heavy (non-hydrogen) atoms. The highest BCUT2D eigenvalue weighted by Gasteiger charge is 2.25. The van der Waals surface area contributed by atoms with Crippen molar-refractivity contribution in [3.63, 3.8) is 0 Å². The predicted octanol–water partition coefficient (Wildman–Crippen LogP) is 3.71. The molecule has 1 fully saturated rings. The first-order valence-electron chi connectivity index (χ1n) is 8.31. The normalized spacial score (nSPS) is 19.9. The molecule has 2 N–H and O–H groups in total. The fraction of sp³-hybridized carbons (Fsp3) is 0.368. The second kappa shape index (κ2) is 8.20. The number of hydrogen-bond donors (Lipinski definition) is 2. The number of rotatable bonds is 6. The van der Waals surface area contributed by atoms with E-state index >= 15 is 0 Å². The summed E-state index contributed by atoms with van der Waals surface area (Å²) in [6.45, 7) is 0.649. The van der Waals surface area contributed by atoms with Crippen molar-refractivity contribution in [2.24, 2.45) is 0 Å². The molecule has 3 rings (SSSR count). The average Bonchev–Trinajstić information content (AvgIpc) is 3.08. The van der Waals surface area contributed by atoms with E-state index in [0.717, 1.165) is 24.1 Å². The van der Waals surface area contributed by atoms with Crippen LogP contribution in [-0.4, -0.2) is 28.4 Å². The molecule has 0 spiro atoms. The van der Waals surface area contributed by atoms with Crippen LogP contribution in [0.3, 0.4) is 0 Å². The molecule has 0 radical (unpaired) electrons. The molecule has 1 saturated carbocycles. The van der Waals surface area contributed by atoms with E-state index in [1.807, 2.05) is 54.4 Å². The van der Waals surface area contributed by atoms with Gasteiger partial charge in [-0.2, -0.15) is 11.8 Å². The van der Waals surface area contributed by atoms with Crippen molar-refractivity contribution in [1.82, 2.24) is 10.3 Å². The topological polar surface area (TPSA) is 54.0 Å². The molecule has 0 bridgehead atoms. The first kappa shape index (κ1) is 16.8. The fourth-order valence-corrected chi connectivity index (χ4v) is 3.88. The van der Waals surface area contributed by atoms with E-state index in [-0.39, 0.29) is 5.91 Å². The van der Waals surface area contributed by atoms with Crippen LogP contribution < -0.4 is 10.6 Å². The molecule has 2 atom stereocenters. The highest BCUT2D eigenvalue weighted by molar-refractivity contribution is 7.99. The summed E-state index contributed by atoms with van der Waals surface area (Å²) in [5, 5.41) is 7.22. The summed E-state index contributed by atoms with van der Waals surface area (Å²) in [5.74, 6) is 0.0102. The highest BCUT2D eigenvalue weighted by Crippen LogP contribution is 2.28. The minimum Gasteiger partial charge on any atom is -0.380 e. The van der Waals surface area contributed by atoms with Gasteiger partial charge in [0.2, 0.25) is 0 Å². The lowest BCUT2D eigenvalue weighted by molar-refractivity contribution is 0.0939. The summed E-state index contributed by atoms with van der Waals surface area (Å²) in [6, 6.07) is 11.9. The number of para-hydroxylation sites is 1. The highest BCUT2D eigenvalue weighted by atomic mass is 32.2. The van der Waals surface area contributed by atoms with Crippen LogP contribution in [0.2, 0.25) is 0 Å². The Bertz CT molecular complexity index is 677. The van der Waals surface area contributed by atoms with Gasteiger partial charge in [-0.15, -0.1) is 0 Å². The third kappa shape index (κ3) is 4.29. The maximum Gasteiger partial charge on any atom is 0.253 e. The number of amides is 1. The SMILES string of the molecule is CS[C@@H]1CC[C@H](NC(=O)c2ccccc2NCc2cccnc2)C1. The van der Waals surface area contributed by atoms with E-state index in [9.17, 15) is 4.79 Å². The minimum atomic E-state index is 0.0102. The van der Waals surface area contributed by atoms with Crippen LogP contribution in [0.5, 0.6) is 0 Å². The molecule has 4 nitrogen and oxygen atoms in total. The molecule has 1 aromatic heterocycles. The lowest BCUT2D eigenvalue weighted by Crippen LogP contribution is -2.33. The lowest BCUT2D eigenvalue weighted by Gasteiger charge is -2.16. The van der Waals surface area contributed by atoms with Crippen LogP contribution in [0.25, 0.3) is 0 Å². The number of aromatic nitrogens is 1. The Morgan fingerprint density at radius 1 is 1.25 bits per heavy atom. The third-order valence-corrected chi connectivity index (χ3v) is 5.53. The van der Waals surface area contributed by atoms with Gasteiger partial charge in [0.15, 0.2) is 0 Å². The van der Waals surface area contributed by atoms with Gasteiger partial charge in [0.1, 0.15) is 0 Å². The number of nitrogens with one attached hydrogen (secondary N) is 2. The van der Waals surface area contributed by atoms with Crippen LogP contribution in [0.4, 0.5) is 5.69 Å². The van der Waals surface area contributed by atoms with Gasteiger partial charge >= 0.3 is 0 Å². The standard InChI is InChI=1S/C19H23N3OS/c1-24-16-9-8-15(11-16)22-19(23)17-6-2-3-7-18(17)21-13-14-5-4-10-20-12-14/h2-7,10,12,15-16,21H,8-9,11,13H2,1H3,(H,22,23)/t15-,16+/m0/s1. The zero-order chi connectivity index (χ0) is 16.8. The van der Waals surface area contributed by atoms with Gasteiger partial charge in [0.05, 0.1) is 5.56 Å². The van der Waals surface area contributed by atoms with Crippen LogP contribution in [0.1, 0.15) is 35.2 Å². The minimum absolute atomic E-state index is 0.0102. The van der Waals surface area contributed by atoms with Gasteiger partial charge in [0, 0.05) is 35.9 Å². The van der Waals surface area contributed by atoms with E-state index in [1.165, 1.54) is 6.42 Å². The van der Waals surface area contributed by atoms with E-state index in [2.05, 4.69) is 21.9 Å². The Morgan fingerprint density at radius 3 is 2.88 bits per heavy atom. The fourth-order valence-electron chi connectivity index (χ4n) is 3.08. The molecule has 1 amide bonds. The number of carbonyl (C=O) groups excluding carboxylic acids is 1. The number of nitrogens with zero attached hydrogens (tertiary/aromatic N) is 1. The van der Waals surface area contributed by atoms with Crippen LogP contribution in [0, 0.1) is 0 Å². The lowest BCUT2D eigenvalue weighted by atomic mass is 10.1. The molecule has 2 aromatic rings. The van der Waals surface area contributed by atoms with Gasteiger partial charge in [-0.1, -0.05) is 18.2 Å². The Labute approximate surface area is 147 Å². The third-order valence-electron chi connectivity index (χ3n) is 4.43. The van der Waals surface area contributed by atoms with Crippen LogP contribution in [0.15, 0.2) is 48.8 Å². The summed E-state index contributed by atoms with van der Waals surface area (Å²) >= 11 is 1.90. The van der Waals surface area contributed by atoms with E-state index < -0.39 is 0 Å². The molecule has 1 aromatic carbocycles. The smallest absolute Gasteiger partial charge is 0.253 e. The van der Waals surface area contributed by atoms with Crippen molar-refractivity contribution in [2.45, 2.75) is 37.1 Å². The molecular weight excluding hydrogens is 318 g/mol.